The van der Waals surface area contributed by atoms with Gasteiger partial charge in [0, 0.05) is 30.9 Å². The van der Waals surface area contributed by atoms with Gasteiger partial charge in [-0.05, 0) is 36.6 Å². The molecule has 1 aromatic carbocycles. The van der Waals surface area contributed by atoms with Gasteiger partial charge in [-0.3, -0.25) is 9.59 Å². The van der Waals surface area contributed by atoms with Crippen LogP contribution in [0.1, 0.15) is 18.4 Å². The largest absolute Gasteiger partial charge is 0.481 e. The zero-order valence-corrected chi connectivity index (χ0v) is 10.6. The van der Waals surface area contributed by atoms with E-state index in [4.69, 9.17) is 5.11 Å². The summed E-state index contributed by atoms with van der Waals surface area (Å²) in [7, 11) is 0. The summed E-state index contributed by atoms with van der Waals surface area (Å²) >= 11 is 0. The van der Waals surface area contributed by atoms with Crippen molar-refractivity contribution in [3.63, 3.8) is 0 Å². The predicted molar refractivity (Wildman–Crippen MR) is 71.3 cm³/mol. The van der Waals surface area contributed by atoms with Crippen molar-refractivity contribution >= 4 is 23.3 Å². The van der Waals surface area contributed by atoms with Crippen LogP contribution in [0, 0.1) is 5.92 Å². The van der Waals surface area contributed by atoms with Crippen LogP contribution < -0.4 is 10.2 Å². The van der Waals surface area contributed by atoms with Crippen LogP contribution in [0.5, 0.6) is 0 Å². The number of benzene rings is 1. The third kappa shape index (κ3) is 2.16. The average molecular weight is 260 g/mol. The maximum absolute atomic E-state index is 11.9. The number of hydrogen-bond donors (Lipinski definition) is 2. The van der Waals surface area contributed by atoms with Crippen molar-refractivity contribution in [1.29, 1.82) is 0 Å². The second-order valence-corrected chi connectivity index (χ2v) is 5.12. The molecule has 1 aromatic rings. The van der Waals surface area contributed by atoms with E-state index in [1.165, 1.54) is 5.56 Å². The van der Waals surface area contributed by atoms with Crippen molar-refractivity contribution in [2.24, 2.45) is 5.92 Å². The van der Waals surface area contributed by atoms with Crippen molar-refractivity contribution in [3.05, 3.63) is 23.8 Å². The number of amides is 1. The first-order valence-electron chi connectivity index (χ1n) is 6.55. The van der Waals surface area contributed by atoms with Crippen LogP contribution in [0.4, 0.5) is 11.4 Å². The minimum atomic E-state index is -0.893. The standard InChI is InChI=1S/C14H16N2O3/c17-13-7-10(14(18)19)8-16(13)11-3-4-12-9(6-11)2-1-5-15-12/h3-4,6,10,15H,1-2,5,7-8H2,(H,18,19). The summed E-state index contributed by atoms with van der Waals surface area (Å²) in [4.78, 5) is 24.5. The summed E-state index contributed by atoms with van der Waals surface area (Å²) in [5, 5.41) is 12.3. The van der Waals surface area contributed by atoms with Crippen LogP contribution in [0.2, 0.25) is 0 Å². The highest BCUT2D eigenvalue weighted by molar-refractivity contribution is 5.99. The van der Waals surface area contributed by atoms with Gasteiger partial charge in [0.25, 0.3) is 0 Å². The SMILES string of the molecule is O=C(O)C1CC(=O)N(c2ccc3c(c2)CCCN3)C1. The molecule has 0 aliphatic carbocycles. The molecular weight excluding hydrogens is 244 g/mol. The molecule has 5 nitrogen and oxygen atoms in total. The van der Waals surface area contributed by atoms with Gasteiger partial charge in [0.1, 0.15) is 0 Å². The third-order valence-electron chi connectivity index (χ3n) is 3.81. The number of nitrogens with one attached hydrogen (secondary N) is 1. The summed E-state index contributed by atoms with van der Waals surface area (Å²) in [6.45, 7) is 1.26. The van der Waals surface area contributed by atoms with E-state index in [0.717, 1.165) is 30.8 Å². The molecule has 1 fully saturated rings. The van der Waals surface area contributed by atoms with Gasteiger partial charge < -0.3 is 15.3 Å². The third-order valence-corrected chi connectivity index (χ3v) is 3.81. The topological polar surface area (TPSA) is 69.6 Å². The molecule has 0 bridgehead atoms. The molecular formula is C14H16N2O3. The van der Waals surface area contributed by atoms with Gasteiger partial charge in [-0.25, -0.2) is 0 Å². The minimum absolute atomic E-state index is 0.101. The van der Waals surface area contributed by atoms with E-state index in [1.54, 1.807) is 4.90 Å². The predicted octanol–water partition coefficient (Wildman–Crippen LogP) is 1.48. The Morgan fingerprint density at radius 2 is 2.26 bits per heavy atom. The number of carboxylic acid groups (broad SMARTS) is 1. The second-order valence-electron chi connectivity index (χ2n) is 5.12. The zero-order valence-electron chi connectivity index (χ0n) is 10.6. The summed E-state index contributed by atoms with van der Waals surface area (Å²) in [5.74, 6) is -1.58. The fraction of sp³-hybridized carbons (Fsp3) is 0.429. The fourth-order valence-electron chi connectivity index (χ4n) is 2.75. The van der Waals surface area contributed by atoms with E-state index in [1.807, 2.05) is 18.2 Å². The van der Waals surface area contributed by atoms with Gasteiger partial charge in [-0.1, -0.05) is 0 Å². The summed E-state index contributed by atoms with van der Waals surface area (Å²) in [6.07, 6.45) is 2.19. The maximum Gasteiger partial charge on any atom is 0.308 e. The molecule has 1 atom stereocenters. The molecule has 19 heavy (non-hydrogen) atoms. The molecule has 3 rings (SSSR count). The molecule has 2 heterocycles. The number of aryl methyl sites for hydroxylation is 1. The highest BCUT2D eigenvalue weighted by Crippen LogP contribution is 2.30. The van der Waals surface area contributed by atoms with Crippen molar-refractivity contribution in [2.45, 2.75) is 19.3 Å². The first-order valence-corrected chi connectivity index (χ1v) is 6.55. The maximum atomic E-state index is 11.9. The molecule has 1 amide bonds. The van der Waals surface area contributed by atoms with Gasteiger partial charge in [-0.2, -0.15) is 0 Å². The molecule has 1 unspecified atom stereocenters. The number of nitrogens with zero attached hydrogens (tertiary/aromatic N) is 1. The van der Waals surface area contributed by atoms with E-state index in [2.05, 4.69) is 5.32 Å². The van der Waals surface area contributed by atoms with E-state index in [0.29, 0.717) is 0 Å². The van der Waals surface area contributed by atoms with Gasteiger partial charge in [0.15, 0.2) is 0 Å². The van der Waals surface area contributed by atoms with Crippen molar-refractivity contribution in [1.82, 2.24) is 0 Å². The first-order chi connectivity index (χ1) is 9.15. The lowest BCUT2D eigenvalue weighted by Crippen LogP contribution is -2.26. The monoisotopic (exact) mass is 260 g/mol. The lowest BCUT2D eigenvalue weighted by molar-refractivity contribution is -0.141. The van der Waals surface area contributed by atoms with Gasteiger partial charge in [0.2, 0.25) is 5.91 Å². The molecule has 100 valence electrons. The van der Waals surface area contributed by atoms with E-state index in [9.17, 15) is 9.59 Å². The number of anilines is 2. The first kappa shape index (κ1) is 12.0. The Kier molecular flexibility index (Phi) is 2.89. The molecule has 2 aliphatic rings. The van der Waals surface area contributed by atoms with Gasteiger partial charge >= 0.3 is 5.97 Å². The van der Waals surface area contributed by atoms with E-state index < -0.39 is 11.9 Å². The number of carbonyl (C=O) groups excluding carboxylic acids is 1. The van der Waals surface area contributed by atoms with Gasteiger partial charge in [-0.15, -0.1) is 0 Å². The number of fused-ring (bicyclic) bond motifs is 1. The number of carbonyl (C=O) groups is 2. The molecule has 0 spiro atoms. The van der Waals surface area contributed by atoms with E-state index >= 15 is 0 Å². The molecule has 2 N–H and O–H groups in total. The Morgan fingerprint density at radius 1 is 1.42 bits per heavy atom. The Labute approximate surface area is 111 Å². The van der Waals surface area contributed by atoms with Crippen LogP contribution in [0.3, 0.4) is 0 Å². The Balaban J connectivity index is 1.86. The molecule has 0 radical (unpaired) electrons. The fourth-order valence-corrected chi connectivity index (χ4v) is 2.75. The van der Waals surface area contributed by atoms with Crippen molar-refractivity contribution in [3.8, 4) is 0 Å². The lowest BCUT2D eigenvalue weighted by Gasteiger charge is -2.22. The normalized spacial score (nSPS) is 22.0. The van der Waals surface area contributed by atoms with Crippen LogP contribution in [-0.2, 0) is 16.0 Å². The molecule has 2 aliphatic heterocycles. The molecule has 1 saturated heterocycles. The van der Waals surface area contributed by atoms with Crippen LogP contribution in [-0.4, -0.2) is 30.1 Å². The number of rotatable bonds is 2. The second kappa shape index (κ2) is 4.57. The highest BCUT2D eigenvalue weighted by atomic mass is 16.4. The Bertz CT molecular complexity index is 541. The van der Waals surface area contributed by atoms with Crippen LogP contribution >= 0.6 is 0 Å². The van der Waals surface area contributed by atoms with Crippen molar-refractivity contribution < 1.29 is 14.7 Å². The Morgan fingerprint density at radius 3 is 3.00 bits per heavy atom. The van der Waals surface area contributed by atoms with E-state index in [-0.39, 0.29) is 18.9 Å². The Hall–Kier alpha value is -2.04. The molecule has 0 aromatic heterocycles. The highest BCUT2D eigenvalue weighted by Gasteiger charge is 2.35. The summed E-state index contributed by atoms with van der Waals surface area (Å²) < 4.78 is 0. The number of carboxylic acids is 1. The zero-order chi connectivity index (χ0) is 13.4. The van der Waals surface area contributed by atoms with Gasteiger partial charge in [0.05, 0.1) is 5.92 Å². The minimum Gasteiger partial charge on any atom is -0.481 e. The quantitative estimate of drug-likeness (QED) is 0.845. The smallest absolute Gasteiger partial charge is 0.308 e. The van der Waals surface area contributed by atoms with Crippen LogP contribution in [0.15, 0.2) is 18.2 Å². The average Bonchev–Trinajstić information content (AvgIpc) is 2.80. The summed E-state index contributed by atoms with van der Waals surface area (Å²) in [5.41, 5.74) is 3.14. The molecule has 0 saturated carbocycles. The van der Waals surface area contributed by atoms with Crippen molar-refractivity contribution in [2.75, 3.05) is 23.3 Å². The lowest BCUT2D eigenvalue weighted by atomic mass is 10.0. The molecule has 5 heteroatoms. The number of aliphatic carboxylic acids is 1. The van der Waals surface area contributed by atoms with Crippen LogP contribution in [0.25, 0.3) is 0 Å². The number of hydrogen-bond acceptors (Lipinski definition) is 3. The summed E-state index contributed by atoms with van der Waals surface area (Å²) in [6, 6.07) is 5.87.